The van der Waals surface area contributed by atoms with Crippen LogP contribution in [0.4, 0.5) is 4.39 Å². The minimum absolute atomic E-state index is 0.199. The van der Waals surface area contributed by atoms with Gasteiger partial charge in [-0.25, -0.2) is 4.39 Å². The SMILES string of the molecule is OC1CCCCC1Cc1nc(-c2ccc(F)cc2)no1. The molecule has 1 aromatic heterocycles. The summed E-state index contributed by atoms with van der Waals surface area (Å²) in [4.78, 5) is 4.33. The largest absolute Gasteiger partial charge is 0.393 e. The Morgan fingerprint density at radius 2 is 1.95 bits per heavy atom. The van der Waals surface area contributed by atoms with Crippen molar-refractivity contribution in [2.24, 2.45) is 5.92 Å². The number of nitrogens with zero attached hydrogens (tertiary/aromatic N) is 2. The molecule has 0 radical (unpaired) electrons. The molecule has 0 amide bonds. The van der Waals surface area contributed by atoms with Crippen LogP contribution in [0.3, 0.4) is 0 Å². The van der Waals surface area contributed by atoms with Crippen molar-refractivity contribution >= 4 is 0 Å². The van der Waals surface area contributed by atoms with Crippen molar-refractivity contribution in [3.8, 4) is 11.4 Å². The molecule has 2 aromatic rings. The Morgan fingerprint density at radius 3 is 2.70 bits per heavy atom. The van der Waals surface area contributed by atoms with Gasteiger partial charge in [0.25, 0.3) is 0 Å². The molecule has 0 aliphatic heterocycles. The Labute approximate surface area is 116 Å². The summed E-state index contributed by atoms with van der Waals surface area (Å²) in [6.07, 6.45) is 4.40. The number of aromatic nitrogens is 2. The average Bonchev–Trinajstić information content (AvgIpc) is 2.91. The van der Waals surface area contributed by atoms with Gasteiger partial charge in [-0.15, -0.1) is 0 Å². The van der Waals surface area contributed by atoms with Gasteiger partial charge in [0.2, 0.25) is 11.7 Å². The Morgan fingerprint density at radius 1 is 1.20 bits per heavy atom. The van der Waals surface area contributed by atoms with Crippen LogP contribution in [0, 0.1) is 11.7 Å². The van der Waals surface area contributed by atoms with Gasteiger partial charge in [0.1, 0.15) is 5.82 Å². The average molecular weight is 276 g/mol. The van der Waals surface area contributed by atoms with Crippen molar-refractivity contribution in [1.82, 2.24) is 10.1 Å². The Balaban J connectivity index is 1.71. The molecule has 1 fully saturated rings. The van der Waals surface area contributed by atoms with Crippen molar-refractivity contribution in [2.45, 2.75) is 38.2 Å². The Hall–Kier alpha value is -1.75. The summed E-state index contributed by atoms with van der Waals surface area (Å²) in [7, 11) is 0. The maximum atomic E-state index is 12.9. The van der Waals surface area contributed by atoms with Crippen LogP contribution >= 0.6 is 0 Å². The molecule has 0 bridgehead atoms. The highest BCUT2D eigenvalue weighted by molar-refractivity contribution is 5.53. The fourth-order valence-electron chi connectivity index (χ4n) is 2.70. The lowest BCUT2D eigenvalue weighted by Gasteiger charge is -2.26. The fraction of sp³-hybridized carbons (Fsp3) is 0.467. The minimum atomic E-state index is -0.289. The molecular formula is C15H17FN2O2. The van der Waals surface area contributed by atoms with Crippen LogP contribution in [0.1, 0.15) is 31.6 Å². The van der Waals surface area contributed by atoms with Crippen molar-refractivity contribution in [1.29, 1.82) is 0 Å². The second-order valence-corrected chi connectivity index (χ2v) is 5.33. The van der Waals surface area contributed by atoms with E-state index in [2.05, 4.69) is 10.1 Å². The van der Waals surface area contributed by atoms with Crippen LogP contribution in [-0.4, -0.2) is 21.4 Å². The van der Waals surface area contributed by atoms with E-state index in [9.17, 15) is 9.50 Å². The third-order valence-corrected chi connectivity index (χ3v) is 3.88. The number of rotatable bonds is 3. The molecule has 3 rings (SSSR count). The number of aliphatic hydroxyl groups excluding tert-OH is 1. The molecule has 0 saturated heterocycles. The van der Waals surface area contributed by atoms with Crippen LogP contribution in [0.25, 0.3) is 11.4 Å². The van der Waals surface area contributed by atoms with E-state index in [1.807, 2.05) is 0 Å². The van der Waals surface area contributed by atoms with Gasteiger partial charge in [-0.2, -0.15) is 4.98 Å². The highest BCUT2D eigenvalue weighted by Gasteiger charge is 2.25. The number of aliphatic hydroxyl groups is 1. The second kappa shape index (κ2) is 5.71. The first-order valence-corrected chi connectivity index (χ1v) is 6.99. The number of halogens is 1. The van der Waals surface area contributed by atoms with Crippen molar-refractivity contribution < 1.29 is 14.0 Å². The van der Waals surface area contributed by atoms with Crippen molar-refractivity contribution in [2.75, 3.05) is 0 Å². The predicted molar refractivity (Wildman–Crippen MR) is 71.4 cm³/mol. The Kier molecular flexibility index (Phi) is 3.78. The van der Waals surface area contributed by atoms with Gasteiger partial charge in [0.15, 0.2) is 0 Å². The first kappa shape index (κ1) is 13.2. The van der Waals surface area contributed by atoms with E-state index >= 15 is 0 Å². The standard InChI is InChI=1S/C15H17FN2O2/c16-12-7-5-10(6-8-12)15-17-14(20-18-15)9-11-3-1-2-4-13(11)19/h5-8,11,13,19H,1-4,9H2. The zero-order valence-electron chi connectivity index (χ0n) is 11.1. The van der Waals surface area contributed by atoms with Crippen LogP contribution in [0.5, 0.6) is 0 Å². The molecule has 2 unspecified atom stereocenters. The van der Waals surface area contributed by atoms with Gasteiger partial charge in [-0.3, -0.25) is 0 Å². The second-order valence-electron chi connectivity index (χ2n) is 5.33. The van der Waals surface area contributed by atoms with Gasteiger partial charge in [-0.05, 0) is 43.0 Å². The van der Waals surface area contributed by atoms with Crippen molar-refractivity contribution in [3.63, 3.8) is 0 Å². The molecule has 106 valence electrons. The topological polar surface area (TPSA) is 59.2 Å². The molecule has 20 heavy (non-hydrogen) atoms. The van der Waals surface area contributed by atoms with Gasteiger partial charge >= 0.3 is 0 Å². The molecule has 1 aliphatic carbocycles. The minimum Gasteiger partial charge on any atom is -0.393 e. The normalized spacial score (nSPS) is 22.9. The van der Waals surface area contributed by atoms with E-state index < -0.39 is 0 Å². The van der Waals surface area contributed by atoms with Crippen LogP contribution < -0.4 is 0 Å². The molecule has 1 aromatic carbocycles. The molecule has 1 saturated carbocycles. The van der Waals surface area contributed by atoms with E-state index in [0.717, 1.165) is 31.2 Å². The van der Waals surface area contributed by atoms with E-state index in [1.165, 1.54) is 12.1 Å². The van der Waals surface area contributed by atoms with Crippen LogP contribution in [0.15, 0.2) is 28.8 Å². The van der Waals surface area contributed by atoms with E-state index in [-0.39, 0.29) is 17.8 Å². The maximum Gasteiger partial charge on any atom is 0.227 e. The quantitative estimate of drug-likeness (QED) is 0.936. The Bertz CT molecular complexity index is 568. The molecule has 4 nitrogen and oxygen atoms in total. The van der Waals surface area contributed by atoms with Gasteiger partial charge in [0, 0.05) is 12.0 Å². The molecule has 1 aliphatic rings. The third-order valence-electron chi connectivity index (χ3n) is 3.88. The lowest BCUT2D eigenvalue weighted by atomic mass is 9.84. The first-order valence-electron chi connectivity index (χ1n) is 6.99. The molecule has 5 heteroatoms. The molecule has 1 heterocycles. The summed E-state index contributed by atoms with van der Waals surface area (Å²) in [5, 5.41) is 13.9. The van der Waals surface area contributed by atoms with Crippen LogP contribution in [-0.2, 0) is 6.42 Å². The smallest absolute Gasteiger partial charge is 0.227 e. The maximum absolute atomic E-state index is 12.9. The lowest BCUT2D eigenvalue weighted by Crippen LogP contribution is -2.26. The van der Waals surface area contributed by atoms with Gasteiger partial charge in [-0.1, -0.05) is 18.0 Å². The van der Waals surface area contributed by atoms with Crippen LogP contribution in [0.2, 0.25) is 0 Å². The summed E-state index contributed by atoms with van der Waals surface area (Å²) in [6.45, 7) is 0. The number of benzene rings is 1. The van der Waals surface area contributed by atoms with Gasteiger partial charge in [0.05, 0.1) is 6.10 Å². The monoisotopic (exact) mass is 276 g/mol. The number of hydrogen-bond donors (Lipinski definition) is 1. The van der Waals surface area contributed by atoms with Crippen molar-refractivity contribution in [3.05, 3.63) is 36.0 Å². The number of hydrogen-bond acceptors (Lipinski definition) is 4. The summed E-state index contributed by atoms with van der Waals surface area (Å²) < 4.78 is 18.1. The molecule has 1 N–H and O–H groups in total. The summed E-state index contributed by atoms with van der Waals surface area (Å²) in [5.74, 6) is 0.911. The van der Waals surface area contributed by atoms with E-state index in [1.54, 1.807) is 12.1 Å². The van der Waals surface area contributed by atoms with E-state index in [4.69, 9.17) is 4.52 Å². The summed E-state index contributed by atoms with van der Waals surface area (Å²) in [5.41, 5.74) is 0.727. The molecular weight excluding hydrogens is 259 g/mol. The summed E-state index contributed by atoms with van der Waals surface area (Å²) in [6, 6.07) is 5.99. The van der Waals surface area contributed by atoms with E-state index in [0.29, 0.717) is 18.1 Å². The lowest BCUT2D eigenvalue weighted by molar-refractivity contribution is 0.0657. The first-order chi connectivity index (χ1) is 9.72. The predicted octanol–water partition coefficient (Wildman–Crippen LogP) is 2.97. The molecule has 0 spiro atoms. The summed E-state index contributed by atoms with van der Waals surface area (Å²) >= 11 is 0. The zero-order valence-corrected chi connectivity index (χ0v) is 11.1. The highest BCUT2D eigenvalue weighted by Crippen LogP contribution is 2.27. The zero-order chi connectivity index (χ0) is 13.9. The molecule has 2 atom stereocenters. The third kappa shape index (κ3) is 2.88. The fourth-order valence-corrected chi connectivity index (χ4v) is 2.70. The van der Waals surface area contributed by atoms with Gasteiger partial charge < -0.3 is 9.63 Å². The highest BCUT2D eigenvalue weighted by atomic mass is 19.1.